The van der Waals surface area contributed by atoms with Crippen LogP contribution < -0.4 is 5.32 Å². The van der Waals surface area contributed by atoms with Gasteiger partial charge in [-0.1, -0.05) is 13.8 Å². The topological polar surface area (TPSA) is 47.0 Å². The number of hydrogen-bond acceptors (Lipinski definition) is 4. The van der Waals surface area contributed by atoms with E-state index in [1.54, 1.807) is 0 Å². The highest BCUT2D eigenvalue weighted by Gasteiger charge is 2.20. The molecule has 2 rings (SSSR count). The summed E-state index contributed by atoms with van der Waals surface area (Å²) in [7, 11) is 0. The summed E-state index contributed by atoms with van der Waals surface area (Å²) in [5, 5.41) is 3.48. The Labute approximate surface area is 122 Å². The van der Waals surface area contributed by atoms with E-state index in [0.717, 1.165) is 56.4 Å². The van der Waals surface area contributed by atoms with E-state index in [9.17, 15) is 0 Å². The minimum Gasteiger partial charge on any atom is -0.381 e. The van der Waals surface area contributed by atoms with E-state index >= 15 is 0 Å². The Balaban J connectivity index is 2.07. The van der Waals surface area contributed by atoms with Crippen molar-refractivity contribution in [3.8, 4) is 0 Å². The van der Waals surface area contributed by atoms with E-state index in [0.29, 0.717) is 11.8 Å². The molecule has 4 heteroatoms. The fourth-order valence-corrected chi connectivity index (χ4v) is 2.63. The molecular formula is C16H27N3O. The Morgan fingerprint density at radius 3 is 2.50 bits per heavy atom. The van der Waals surface area contributed by atoms with Crippen LogP contribution in [0.4, 0.5) is 0 Å². The molecule has 0 saturated carbocycles. The summed E-state index contributed by atoms with van der Waals surface area (Å²) >= 11 is 0. The van der Waals surface area contributed by atoms with Gasteiger partial charge in [-0.3, -0.25) is 0 Å². The molecule has 1 N–H and O–H groups in total. The lowest BCUT2D eigenvalue weighted by Crippen LogP contribution is -2.23. The van der Waals surface area contributed by atoms with Crippen molar-refractivity contribution in [3.63, 3.8) is 0 Å². The van der Waals surface area contributed by atoms with E-state index in [1.165, 1.54) is 5.56 Å². The van der Waals surface area contributed by atoms with Crippen molar-refractivity contribution in [2.75, 3.05) is 19.8 Å². The fraction of sp³-hybridized carbons (Fsp3) is 0.750. The van der Waals surface area contributed by atoms with Crippen molar-refractivity contribution in [1.82, 2.24) is 15.3 Å². The summed E-state index contributed by atoms with van der Waals surface area (Å²) in [6.45, 7) is 12.1. The first kappa shape index (κ1) is 15.4. The summed E-state index contributed by atoms with van der Waals surface area (Å²) in [4.78, 5) is 9.45. The third-order valence-electron chi connectivity index (χ3n) is 3.82. The third-order valence-corrected chi connectivity index (χ3v) is 3.82. The van der Waals surface area contributed by atoms with Crippen molar-refractivity contribution >= 4 is 0 Å². The number of rotatable bonds is 5. The molecule has 0 spiro atoms. The van der Waals surface area contributed by atoms with Crippen LogP contribution in [0.5, 0.6) is 0 Å². The second-order valence-corrected chi connectivity index (χ2v) is 6.17. The molecule has 0 aromatic carbocycles. The highest BCUT2D eigenvalue weighted by molar-refractivity contribution is 5.25. The second-order valence-electron chi connectivity index (χ2n) is 6.17. The summed E-state index contributed by atoms with van der Waals surface area (Å²) in [6, 6.07) is 0. The lowest BCUT2D eigenvalue weighted by molar-refractivity contribution is 0.0779. The van der Waals surface area contributed by atoms with E-state index < -0.39 is 0 Å². The fourth-order valence-electron chi connectivity index (χ4n) is 2.63. The maximum Gasteiger partial charge on any atom is 0.134 e. The van der Waals surface area contributed by atoms with Crippen LogP contribution in [0.2, 0.25) is 0 Å². The average molecular weight is 277 g/mol. The molecule has 0 aliphatic carbocycles. The molecule has 2 heterocycles. The number of aryl methyl sites for hydroxylation is 2. The van der Waals surface area contributed by atoms with Crippen molar-refractivity contribution in [2.24, 2.45) is 5.92 Å². The highest BCUT2D eigenvalue weighted by Crippen LogP contribution is 2.24. The Bertz CT molecular complexity index is 416. The minimum atomic E-state index is 0.374. The predicted molar refractivity (Wildman–Crippen MR) is 80.8 cm³/mol. The minimum absolute atomic E-state index is 0.374. The standard InChI is InChI=1S/C16H27N3O/c1-11(2)8-17-9-15-12(3)18-16(19-13(15)4)14-6-5-7-20-10-14/h11,14,17H,5-10H2,1-4H3. The van der Waals surface area contributed by atoms with E-state index in [4.69, 9.17) is 14.7 Å². The van der Waals surface area contributed by atoms with Gasteiger partial charge in [-0.2, -0.15) is 0 Å². The monoisotopic (exact) mass is 277 g/mol. The van der Waals surface area contributed by atoms with Gasteiger partial charge in [0, 0.05) is 36.0 Å². The zero-order valence-electron chi connectivity index (χ0n) is 13.2. The summed E-state index contributed by atoms with van der Waals surface area (Å²) in [6.07, 6.45) is 2.26. The molecule has 1 unspecified atom stereocenters. The summed E-state index contributed by atoms with van der Waals surface area (Å²) in [5.74, 6) is 2.00. The van der Waals surface area contributed by atoms with Gasteiger partial charge < -0.3 is 10.1 Å². The van der Waals surface area contributed by atoms with Gasteiger partial charge in [0.1, 0.15) is 5.82 Å². The Kier molecular flexibility index (Phi) is 5.49. The molecule has 1 aliphatic heterocycles. The molecule has 0 bridgehead atoms. The first-order valence-corrected chi connectivity index (χ1v) is 7.70. The van der Waals surface area contributed by atoms with E-state index in [2.05, 4.69) is 33.0 Å². The summed E-state index contributed by atoms with van der Waals surface area (Å²) < 4.78 is 5.55. The maximum absolute atomic E-state index is 5.55. The molecule has 4 nitrogen and oxygen atoms in total. The lowest BCUT2D eigenvalue weighted by atomic mass is 10.0. The van der Waals surface area contributed by atoms with Crippen LogP contribution in [0.1, 0.15) is 55.4 Å². The van der Waals surface area contributed by atoms with Crippen molar-refractivity contribution in [3.05, 3.63) is 22.8 Å². The van der Waals surface area contributed by atoms with Gasteiger partial charge in [0.2, 0.25) is 0 Å². The predicted octanol–water partition coefficient (Wildman–Crippen LogP) is 2.73. The van der Waals surface area contributed by atoms with E-state index in [1.807, 2.05) is 0 Å². The molecule has 1 aromatic rings. The SMILES string of the molecule is Cc1nc(C2CCCOC2)nc(C)c1CNCC(C)C. The Morgan fingerprint density at radius 1 is 1.25 bits per heavy atom. The van der Waals surface area contributed by atoms with Crippen molar-refractivity contribution in [1.29, 1.82) is 0 Å². The molecule has 112 valence electrons. The number of nitrogens with one attached hydrogen (secondary N) is 1. The Morgan fingerprint density at radius 2 is 1.95 bits per heavy atom. The Hall–Kier alpha value is -1.00. The first-order chi connectivity index (χ1) is 9.58. The van der Waals surface area contributed by atoms with Crippen LogP contribution in [-0.2, 0) is 11.3 Å². The van der Waals surface area contributed by atoms with Crippen molar-refractivity contribution < 1.29 is 4.74 Å². The van der Waals surface area contributed by atoms with Gasteiger partial charge in [0.15, 0.2) is 0 Å². The maximum atomic E-state index is 5.55. The number of nitrogens with zero attached hydrogens (tertiary/aromatic N) is 2. The molecule has 1 aliphatic rings. The molecule has 1 fully saturated rings. The quantitative estimate of drug-likeness (QED) is 0.899. The second kappa shape index (κ2) is 7.14. The van der Waals surface area contributed by atoms with Crippen LogP contribution in [0.25, 0.3) is 0 Å². The smallest absolute Gasteiger partial charge is 0.134 e. The first-order valence-electron chi connectivity index (χ1n) is 7.70. The van der Waals surface area contributed by atoms with Crippen LogP contribution in [0.15, 0.2) is 0 Å². The third kappa shape index (κ3) is 4.00. The van der Waals surface area contributed by atoms with Crippen LogP contribution in [0.3, 0.4) is 0 Å². The number of ether oxygens (including phenoxy) is 1. The highest BCUT2D eigenvalue weighted by atomic mass is 16.5. The van der Waals surface area contributed by atoms with Crippen LogP contribution >= 0.6 is 0 Å². The molecule has 0 radical (unpaired) electrons. The van der Waals surface area contributed by atoms with Gasteiger partial charge in [0.25, 0.3) is 0 Å². The zero-order valence-corrected chi connectivity index (χ0v) is 13.2. The number of aromatic nitrogens is 2. The summed E-state index contributed by atoms with van der Waals surface area (Å²) in [5.41, 5.74) is 3.45. The molecule has 1 aromatic heterocycles. The van der Waals surface area contributed by atoms with Gasteiger partial charge >= 0.3 is 0 Å². The van der Waals surface area contributed by atoms with Crippen molar-refractivity contribution in [2.45, 2.75) is 53.0 Å². The lowest BCUT2D eigenvalue weighted by Gasteiger charge is -2.22. The van der Waals surface area contributed by atoms with E-state index in [-0.39, 0.29) is 0 Å². The number of hydrogen-bond donors (Lipinski definition) is 1. The van der Waals surface area contributed by atoms with Gasteiger partial charge in [-0.15, -0.1) is 0 Å². The molecule has 1 atom stereocenters. The van der Waals surface area contributed by atoms with Gasteiger partial charge in [-0.25, -0.2) is 9.97 Å². The molecule has 0 amide bonds. The largest absolute Gasteiger partial charge is 0.381 e. The zero-order chi connectivity index (χ0) is 14.5. The molecular weight excluding hydrogens is 250 g/mol. The van der Waals surface area contributed by atoms with Gasteiger partial charge in [-0.05, 0) is 39.2 Å². The average Bonchev–Trinajstić information content (AvgIpc) is 2.42. The van der Waals surface area contributed by atoms with Crippen LogP contribution in [-0.4, -0.2) is 29.7 Å². The molecule has 1 saturated heterocycles. The van der Waals surface area contributed by atoms with Crippen LogP contribution in [0, 0.1) is 19.8 Å². The molecule has 20 heavy (non-hydrogen) atoms. The van der Waals surface area contributed by atoms with Gasteiger partial charge in [0.05, 0.1) is 6.61 Å². The normalized spacial score (nSPS) is 19.6.